The molecule has 74 valence electrons. The highest BCUT2D eigenvalue weighted by atomic mass is 15.2. The summed E-state index contributed by atoms with van der Waals surface area (Å²) in [5.74, 6) is 3.42. The topological polar surface area (TPSA) is 29.3 Å². The third-order valence-corrected chi connectivity index (χ3v) is 3.52. The van der Waals surface area contributed by atoms with Gasteiger partial charge in [0.05, 0.1) is 6.04 Å². The zero-order valence-corrected chi connectivity index (χ0v) is 8.88. The Morgan fingerprint density at radius 3 is 2.77 bits per heavy atom. The van der Waals surface area contributed by atoms with Gasteiger partial charge in [-0.15, -0.1) is 6.42 Å². The van der Waals surface area contributed by atoms with Gasteiger partial charge in [0.2, 0.25) is 0 Å². The Bertz CT molecular complexity index is 219. The molecule has 0 aromatic heterocycles. The molecular formula is C11H20N2. The normalized spacial score (nSPS) is 37.3. The monoisotopic (exact) mass is 180 g/mol. The quantitative estimate of drug-likeness (QED) is 0.640. The van der Waals surface area contributed by atoms with Crippen LogP contribution in [0.5, 0.6) is 0 Å². The number of rotatable bonds is 2. The molecule has 0 aromatic carbocycles. The number of nitrogens with two attached hydrogens (primary N) is 1. The van der Waals surface area contributed by atoms with Crippen molar-refractivity contribution in [2.24, 2.45) is 17.1 Å². The molecule has 2 N–H and O–H groups in total. The van der Waals surface area contributed by atoms with E-state index in [9.17, 15) is 0 Å². The van der Waals surface area contributed by atoms with Crippen LogP contribution in [0.1, 0.15) is 20.8 Å². The Balaban J connectivity index is 2.66. The minimum absolute atomic E-state index is 0.246. The summed E-state index contributed by atoms with van der Waals surface area (Å²) in [7, 11) is 0. The van der Waals surface area contributed by atoms with Crippen molar-refractivity contribution in [2.45, 2.75) is 26.8 Å². The summed E-state index contributed by atoms with van der Waals surface area (Å²) in [5.41, 5.74) is 6.04. The first-order valence-electron chi connectivity index (χ1n) is 4.93. The van der Waals surface area contributed by atoms with Crippen molar-refractivity contribution in [1.82, 2.24) is 4.90 Å². The van der Waals surface area contributed by atoms with Crippen molar-refractivity contribution in [2.75, 3.05) is 19.6 Å². The van der Waals surface area contributed by atoms with Crippen LogP contribution in [0.3, 0.4) is 0 Å². The van der Waals surface area contributed by atoms with Crippen molar-refractivity contribution in [3.8, 4) is 12.3 Å². The van der Waals surface area contributed by atoms with E-state index in [1.807, 2.05) is 0 Å². The summed E-state index contributed by atoms with van der Waals surface area (Å²) in [6.07, 6.45) is 5.40. The lowest BCUT2D eigenvalue weighted by Crippen LogP contribution is -2.36. The molecular weight excluding hydrogens is 160 g/mol. The van der Waals surface area contributed by atoms with Crippen molar-refractivity contribution < 1.29 is 0 Å². The fourth-order valence-electron chi connectivity index (χ4n) is 1.92. The Morgan fingerprint density at radius 1 is 1.77 bits per heavy atom. The van der Waals surface area contributed by atoms with Gasteiger partial charge in [-0.25, -0.2) is 0 Å². The Labute approximate surface area is 81.5 Å². The minimum Gasteiger partial charge on any atom is -0.330 e. The van der Waals surface area contributed by atoms with E-state index in [4.69, 9.17) is 12.2 Å². The van der Waals surface area contributed by atoms with E-state index in [0.717, 1.165) is 19.6 Å². The van der Waals surface area contributed by atoms with E-state index < -0.39 is 0 Å². The first kappa shape index (κ1) is 10.6. The highest BCUT2D eigenvalue weighted by Gasteiger charge is 2.40. The van der Waals surface area contributed by atoms with Crippen LogP contribution in [-0.4, -0.2) is 30.6 Å². The Morgan fingerprint density at radius 2 is 2.38 bits per heavy atom. The zero-order valence-electron chi connectivity index (χ0n) is 8.88. The molecule has 0 amide bonds. The first-order chi connectivity index (χ1) is 6.03. The van der Waals surface area contributed by atoms with Gasteiger partial charge in [0, 0.05) is 13.1 Å². The molecule has 3 atom stereocenters. The minimum atomic E-state index is 0.246. The van der Waals surface area contributed by atoms with E-state index in [1.54, 1.807) is 0 Å². The summed E-state index contributed by atoms with van der Waals surface area (Å²) in [6, 6.07) is 0.246. The molecule has 2 nitrogen and oxygen atoms in total. The zero-order chi connectivity index (χ0) is 10.1. The van der Waals surface area contributed by atoms with Crippen molar-refractivity contribution in [1.29, 1.82) is 0 Å². The highest BCUT2D eigenvalue weighted by Crippen LogP contribution is 2.35. The second-order valence-corrected chi connectivity index (χ2v) is 4.53. The molecule has 0 aromatic rings. The molecule has 2 heteroatoms. The lowest BCUT2D eigenvalue weighted by Gasteiger charge is -2.26. The standard InChI is InChI=1S/C11H20N2/c1-5-10(3)13-6-9(2)11(4,7-12)8-13/h1,9-10H,6-8,12H2,2-4H3. The van der Waals surface area contributed by atoms with Gasteiger partial charge in [-0.3, -0.25) is 4.90 Å². The molecule has 1 aliphatic heterocycles. The Hall–Kier alpha value is -0.520. The van der Waals surface area contributed by atoms with Crippen LogP contribution in [-0.2, 0) is 0 Å². The van der Waals surface area contributed by atoms with E-state index in [0.29, 0.717) is 5.92 Å². The maximum atomic E-state index is 5.78. The molecule has 3 unspecified atom stereocenters. The summed E-state index contributed by atoms with van der Waals surface area (Å²) in [5, 5.41) is 0. The summed E-state index contributed by atoms with van der Waals surface area (Å²) in [4.78, 5) is 2.34. The molecule has 1 aliphatic rings. The lowest BCUT2D eigenvalue weighted by atomic mass is 9.81. The molecule has 0 radical (unpaired) electrons. The van der Waals surface area contributed by atoms with Crippen LogP contribution < -0.4 is 5.73 Å². The molecule has 1 rings (SSSR count). The van der Waals surface area contributed by atoms with Crippen molar-refractivity contribution in [3.05, 3.63) is 0 Å². The molecule has 13 heavy (non-hydrogen) atoms. The fourth-order valence-corrected chi connectivity index (χ4v) is 1.92. The molecule has 0 aliphatic carbocycles. The first-order valence-corrected chi connectivity index (χ1v) is 4.93. The van der Waals surface area contributed by atoms with Gasteiger partial charge >= 0.3 is 0 Å². The SMILES string of the molecule is C#CC(C)N1CC(C)C(C)(CN)C1. The van der Waals surface area contributed by atoms with Gasteiger partial charge in [-0.2, -0.15) is 0 Å². The maximum Gasteiger partial charge on any atom is 0.0683 e. The highest BCUT2D eigenvalue weighted by molar-refractivity contribution is 5.03. The van der Waals surface area contributed by atoms with E-state index >= 15 is 0 Å². The average molecular weight is 180 g/mol. The summed E-state index contributed by atoms with van der Waals surface area (Å²) >= 11 is 0. The summed E-state index contributed by atoms with van der Waals surface area (Å²) < 4.78 is 0. The lowest BCUT2D eigenvalue weighted by molar-refractivity contribution is 0.249. The molecule has 1 saturated heterocycles. The average Bonchev–Trinajstić information content (AvgIpc) is 2.43. The van der Waals surface area contributed by atoms with Gasteiger partial charge in [0.15, 0.2) is 0 Å². The van der Waals surface area contributed by atoms with Gasteiger partial charge in [-0.1, -0.05) is 19.8 Å². The van der Waals surface area contributed by atoms with Crippen LogP contribution in [0.2, 0.25) is 0 Å². The fraction of sp³-hybridized carbons (Fsp3) is 0.818. The third kappa shape index (κ3) is 1.87. The molecule has 1 heterocycles. The number of hydrogen-bond acceptors (Lipinski definition) is 2. The van der Waals surface area contributed by atoms with Crippen LogP contribution >= 0.6 is 0 Å². The van der Waals surface area contributed by atoms with Crippen molar-refractivity contribution >= 4 is 0 Å². The number of terminal acetylenes is 1. The van der Waals surface area contributed by atoms with Gasteiger partial charge < -0.3 is 5.73 Å². The maximum absolute atomic E-state index is 5.78. The van der Waals surface area contributed by atoms with Crippen LogP contribution in [0.25, 0.3) is 0 Å². The van der Waals surface area contributed by atoms with E-state index in [2.05, 4.69) is 31.6 Å². The number of hydrogen-bond donors (Lipinski definition) is 1. The van der Waals surface area contributed by atoms with E-state index in [-0.39, 0.29) is 11.5 Å². The Kier molecular flexibility index (Phi) is 3.00. The predicted molar refractivity (Wildman–Crippen MR) is 56.2 cm³/mol. The smallest absolute Gasteiger partial charge is 0.0683 e. The van der Waals surface area contributed by atoms with Crippen LogP contribution in [0, 0.1) is 23.7 Å². The van der Waals surface area contributed by atoms with Gasteiger partial charge in [0.1, 0.15) is 0 Å². The number of nitrogens with zero attached hydrogens (tertiary/aromatic N) is 1. The molecule has 0 saturated carbocycles. The van der Waals surface area contributed by atoms with E-state index in [1.165, 1.54) is 0 Å². The summed E-state index contributed by atoms with van der Waals surface area (Å²) in [6.45, 7) is 9.46. The van der Waals surface area contributed by atoms with Crippen molar-refractivity contribution in [3.63, 3.8) is 0 Å². The van der Waals surface area contributed by atoms with Crippen LogP contribution in [0.15, 0.2) is 0 Å². The molecule has 0 spiro atoms. The van der Waals surface area contributed by atoms with Crippen LogP contribution in [0.4, 0.5) is 0 Å². The molecule has 0 bridgehead atoms. The molecule has 1 fully saturated rings. The second-order valence-electron chi connectivity index (χ2n) is 4.53. The van der Waals surface area contributed by atoms with Gasteiger partial charge in [0.25, 0.3) is 0 Å². The second kappa shape index (κ2) is 3.69. The third-order valence-electron chi connectivity index (χ3n) is 3.52. The number of likely N-dealkylation sites (tertiary alicyclic amines) is 1. The van der Waals surface area contributed by atoms with Gasteiger partial charge in [-0.05, 0) is 24.8 Å². The largest absolute Gasteiger partial charge is 0.330 e. The predicted octanol–water partition coefficient (Wildman–Crippen LogP) is 0.925.